The molecule has 2 heterocycles. The molecule has 12 heteroatoms. The van der Waals surface area contributed by atoms with Gasteiger partial charge in [-0.05, 0) is 67.9 Å². The fourth-order valence-electron chi connectivity index (χ4n) is 4.35. The number of aliphatic imine (C=N–C) groups is 1. The van der Waals surface area contributed by atoms with E-state index in [2.05, 4.69) is 15.0 Å². The number of nitrogens with one attached hydrogen (secondary N) is 2. The maximum Gasteiger partial charge on any atom is 0.352 e. The first kappa shape index (κ1) is 27.3. The second-order valence-corrected chi connectivity index (χ2v) is 11.1. The van der Waals surface area contributed by atoms with Gasteiger partial charge >= 0.3 is 5.97 Å². The number of aromatic nitrogens is 1. The highest BCUT2D eigenvalue weighted by Crippen LogP contribution is 2.24. The SMILES string of the molecule is CNS(=O)(=O)c1ccc(Cn2c(C(=O)O)cc3cc(CC(C)NCC(O)N4C=CC(N)=NC4)ccc32)cc1. The highest BCUT2D eigenvalue weighted by molar-refractivity contribution is 7.89. The van der Waals surface area contributed by atoms with Crippen molar-refractivity contribution in [2.75, 3.05) is 20.3 Å². The maximum atomic E-state index is 12.0. The normalized spacial score (nSPS) is 15.4. The Balaban J connectivity index is 1.46. The quantitative estimate of drug-likeness (QED) is 0.243. The van der Waals surface area contributed by atoms with Crippen LogP contribution in [-0.2, 0) is 23.0 Å². The van der Waals surface area contributed by atoms with E-state index in [0.717, 1.165) is 22.0 Å². The molecule has 1 aliphatic heterocycles. The van der Waals surface area contributed by atoms with E-state index in [0.29, 0.717) is 25.5 Å². The average molecular weight is 541 g/mol. The molecule has 0 bridgehead atoms. The Hall–Kier alpha value is -3.71. The molecule has 2 unspecified atom stereocenters. The number of rotatable bonds is 11. The van der Waals surface area contributed by atoms with Crippen molar-refractivity contribution in [3.8, 4) is 0 Å². The minimum Gasteiger partial charge on any atom is -0.477 e. The first-order valence-corrected chi connectivity index (χ1v) is 13.6. The van der Waals surface area contributed by atoms with Gasteiger partial charge in [-0.2, -0.15) is 0 Å². The third kappa shape index (κ3) is 6.22. The van der Waals surface area contributed by atoms with Gasteiger partial charge in [0.25, 0.3) is 0 Å². The Bertz CT molecular complexity index is 1480. The van der Waals surface area contributed by atoms with Gasteiger partial charge in [0, 0.05) is 36.2 Å². The van der Waals surface area contributed by atoms with Crippen LogP contribution in [-0.4, -0.2) is 72.4 Å². The summed E-state index contributed by atoms with van der Waals surface area (Å²) >= 11 is 0. The number of aliphatic hydroxyl groups is 1. The number of aromatic carboxylic acids is 1. The molecule has 6 N–H and O–H groups in total. The predicted molar refractivity (Wildman–Crippen MR) is 145 cm³/mol. The van der Waals surface area contributed by atoms with Crippen molar-refractivity contribution in [1.29, 1.82) is 0 Å². The monoisotopic (exact) mass is 540 g/mol. The summed E-state index contributed by atoms with van der Waals surface area (Å²) in [5, 5.41) is 24.3. The van der Waals surface area contributed by atoms with Crippen molar-refractivity contribution in [2.24, 2.45) is 10.7 Å². The number of aliphatic hydroxyl groups excluding tert-OH is 1. The average Bonchev–Trinajstić information content (AvgIpc) is 3.25. The van der Waals surface area contributed by atoms with Crippen LogP contribution >= 0.6 is 0 Å². The summed E-state index contributed by atoms with van der Waals surface area (Å²) in [6, 6.07) is 13.9. The van der Waals surface area contributed by atoms with Crippen molar-refractivity contribution < 1.29 is 23.4 Å². The molecular weight excluding hydrogens is 508 g/mol. The van der Waals surface area contributed by atoms with Crippen LogP contribution < -0.4 is 15.8 Å². The van der Waals surface area contributed by atoms with Crippen LogP contribution in [0.25, 0.3) is 10.9 Å². The molecule has 0 saturated carbocycles. The summed E-state index contributed by atoms with van der Waals surface area (Å²) in [5.41, 5.74) is 8.34. The molecule has 0 aliphatic carbocycles. The van der Waals surface area contributed by atoms with Gasteiger partial charge in [0.05, 0.1) is 4.90 Å². The molecule has 1 aliphatic rings. The molecule has 2 atom stereocenters. The summed E-state index contributed by atoms with van der Waals surface area (Å²) in [7, 11) is -2.20. The van der Waals surface area contributed by atoms with E-state index in [4.69, 9.17) is 5.73 Å². The molecule has 202 valence electrons. The minimum atomic E-state index is -3.55. The third-order valence-corrected chi connectivity index (χ3v) is 7.89. The smallest absolute Gasteiger partial charge is 0.352 e. The Kier molecular flexibility index (Phi) is 8.17. The first-order chi connectivity index (χ1) is 18.1. The number of nitrogens with zero attached hydrogens (tertiary/aromatic N) is 3. The predicted octanol–water partition coefficient (Wildman–Crippen LogP) is 1.28. The molecule has 0 saturated heterocycles. The highest BCUT2D eigenvalue weighted by Gasteiger charge is 2.18. The second kappa shape index (κ2) is 11.4. The molecule has 0 amide bonds. The van der Waals surface area contributed by atoms with Crippen molar-refractivity contribution >= 4 is 32.7 Å². The Morgan fingerprint density at radius 3 is 2.50 bits per heavy atom. The first-order valence-electron chi connectivity index (χ1n) is 12.1. The largest absolute Gasteiger partial charge is 0.477 e. The Morgan fingerprint density at radius 1 is 1.16 bits per heavy atom. The molecule has 38 heavy (non-hydrogen) atoms. The summed E-state index contributed by atoms with van der Waals surface area (Å²) in [6.45, 7) is 2.95. The van der Waals surface area contributed by atoms with Gasteiger partial charge in [-0.1, -0.05) is 18.2 Å². The van der Waals surface area contributed by atoms with Crippen LogP contribution in [0.5, 0.6) is 0 Å². The van der Waals surface area contributed by atoms with E-state index < -0.39 is 22.2 Å². The molecule has 0 radical (unpaired) electrons. The van der Waals surface area contributed by atoms with Crippen LogP contribution in [0.15, 0.2) is 70.7 Å². The lowest BCUT2D eigenvalue weighted by molar-refractivity contribution is 0.0375. The van der Waals surface area contributed by atoms with Crippen molar-refractivity contribution in [3.05, 3.63) is 77.6 Å². The summed E-state index contributed by atoms with van der Waals surface area (Å²) in [4.78, 5) is 17.9. The minimum absolute atomic E-state index is 0.0536. The molecule has 3 aromatic rings. The van der Waals surface area contributed by atoms with Gasteiger partial charge in [-0.15, -0.1) is 0 Å². The Labute approximate surface area is 221 Å². The molecule has 0 spiro atoms. The number of nitrogens with two attached hydrogens (primary N) is 1. The standard InChI is InChI=1S/C26H32N6O5S/c1-17(29-14-25(33)31-10-9-24(27)30-16-31)11-19-5-8-22-20(12-19)13-23(26(34)35)32(22)15-18-3-6-21(7-4-18)38(36,37)28-2/h3-10,12-13,17,25,28-29,33H,11,14-16H2,1-2H3,(H2,27,30)(H,34,35). The number of fused-ring (bicyclic) bond motifs is 1. The van der Waals surface area contributed by atoms with E-state index in [1.165, 1.54) is 19.2 Å². The number of hydrogen-bond donors (Lipinski definition) is 5. The van der Waals surface area contributed by atoms with Gasteiger partial charge in [0.1, 0.15) is 24.4 Å². The van der Waals surface area contributed by atoms with Crippen LogP contribution in [0.1, 0.15) is 28.5 Å². The Morgan fingerprint density at radius 2 is 1.87 bits per heavy atom. The van der Waals surface area contributed by atoms with E-state index in [1.54, 1.807) is 39.9 Å². The molecule has 1 aromatic heterocycles. The zero-order valence-corrected chi connectivity index (χ0v) is 22.0. The van der Waals surface area contributed by atoms with Crippen molar-refractivity contribution in [3.63, 3.8) is 0 Å². The van der Waals surface area contributed by atoms with E-state index in [9.17, 15) is 23.4 Å². The van der Waals surface area contributed by atoms with Crippen molar-refractivity contribution in [2.45, 2.75) is 37.1 Å². The topological polar surface area (TPSA) is 162 Å². The van der Waals surface area contributed by atoms with E-state index >= 15 is 0 Å². The maximum absolute atomic E-state index is 12.0. The number of benzene rings is 2. The number of carbonyl (C=O) groups is 1. The van der Waals surface area contributed by atoms with Crippen LogP contribution in [0.4, 0.5) is 0 Å². The van der Waals surface area contributed by atoms with Crippen LogP contribution in [0.2, 0.25) is 0 Å². The van der Waals surface area contributed by atoms with Gasteiger partial charge in [-0.25, -0.2) is 22.9 Å². The number of sulfonamides is 1. The lowest BCUT2D eigenvalue weighted by Crippen LogP contribution is -2.44. The van der Waals surface area contributed by atoms with Gasteiger partial charge in [0.15, 0.2) is 0 Å². The van der Waals surface area contributed by atoms with Crippen LogP contribution in [0.3, 0.4) is 0 Å². The summed E-state index contributed by atoms with van der Waals surface area (Å²) < 4.78 is 28.0. The molecule has 2 aromatic carbocycles. The summed E-state index contributed by atoms with van der Waals surface area (Å²) in [5.74, 6) is -0.609. The van der Waals surface area contributed by atoms with Gasteiger partial charge in [0.2, 0.25) is 10.0 Å². The van der Waals surface area contributed by atoms with Gasteiger partial charge < -0.3 is 30.7 Å². The van der Waals surface area contributed by atoms with E-state index in [1.807, 2.05) is 25.1 Å². The second-order valence-electron chi connectivity index (χ2n) is 9.21. The molecule has 4 rings (SSSR count). The number of amidine groups is 1. The van der Waals surface area contributed by atoms with Crippen LogP contribution in [0, 0.1) is 0 Å². The zero-order valence-electron chi connectivity index (χ0n) is 21.2. The molecular formula is C26H32N6O5S. The lowest BCUT2D eigenvalue weighted by Gasteiger charge is -2.28. The molecule has 11 nitrogen and oxygen atoms in total. The lowest BCUT2D eigenvalue weighted by atomic mass is 10.1. The highest BCUT2D eigenvalue weighted by atomic mass is 32.2. The number of hydrogen-bond acceptors (Lipinski definition) is 8. The summed E-state index contributed by atoms with van der Waals surface area (Å²) in [6.07, 6.45) is 3.30. The fraction of sp³-hybridized carbons (Fsp3) is 0.308. The zero-order chi connectivity index (χ0) is 27.4. The number of carboxylic acid groups (broad SMARTS) is 1. The van der Waals surface area contributed by atoms with Gasteiger partial charge in [-0.3, -0.25) is 0 Å². The fourth-order valence-corrected chi connectivity index (χ4v) is 5.08. The van der Waals surface area contributed by atoms with E-state index in [-0.39, 0.29) is 23.2 Å². The molecule has 0 fully saturated rings. The third-order valence-electron chi connectivity index (χ3n) is 6.45. The van der Waals surface area contributed by atoms with Crippen molar-refractivity contribution in [1.82, 2.24) is 19.5 Å². The number of carboxylic acids is 1.